The summed E-state index contributed by atoms with van der Waals surface area (Å²) in [6.07, 6.45) is 2.49. The number of likely N-dealkylation sites (tertiary alicyclic amines) is 1. The molecule has 2 heterocycles. The Morgan fingerprint density at radius 2 is 1.65 bits per heavy atom. The molecule has 1 aromatic heterocycles. The minimum absolute atomic E-state index is 0.0100. The highest BCUT2D eigenvalue weighted by Crippen LogP contribution is 2.31. The monoisotopic (exact) mass is 858 g/mol. The van der Waals surface area contributed by atoms with Crippen molar-refractivity contribution in [2.24, 2.45) is 0 Å². The molecule has 6 rings (SSSR count). The maximum absolute atomic E-state index is 14.2. The summed E-state index contributed by atoms with van der Waals surface area (Å²) in [7, 11) is -1.73. The van der Waals surface area contributed by atoms with Gasteiger partial charge in [0.2, 0.25) is 0 Å². The summed E-state index contributed by atoms with van der Waals surface area (Å²) in [5.41, 5.74) is 2.40. The maximum Gasteiger partial charge on any atom is 0.335 e. The van der Waals surface area contributed by atoms with Crippen molar-refractivity contribution in [1.29, 1.82) is 0 Å². The molecule has 0 aliphatic carbocycles. The van der Waals surface area contributed by atoms with Crippen LogP contribution in [0.3, 0.4) is 0 Å². The smallest absolute Gasteiger partial charge is 0.335 e. The van der Waals surface area contributed by atoms with Gasteiger partial charge in [0.1, 0.15) is 23.9 Å². The molecule has 1 aliphatic heterocycles. The molecule has 3 amide bonds. The minimum Gasteiger partial charge on any atom is -0.497 e. The number of piperidine rings is 1. The van der Waals surface area contributed by atoms with Gasteiger partial charge in [0.25, 0.3) is 21.6 Å². The van der Waals surface area contributed by atoms with E-state index in [4.69, 9.17) is 25.8 Å². The fourth-order valence-electron chi connectivity index (χ4n) is 6.72. The number of methoxy groups -OCH3 is 2. The second kappa shape index (κ2) is 19.1. The molecule has 4 aromatic carbocycles. The Bertz CT molecular complexity index is 2530. The lowest BCUT2D eigenvalue weighted by atomic mass is 10.1. The number of benzene rings is 4. The van der Waals surface area contributed by atoms with E-state index < -0.39 is 33.4 Å². The van der Waals surface area contributed by atoms with Gasteiger partial charge in [-0.2, -0.15) is 0 Å². The fourth-order valence-corrected chi connectivity index (χ4v) is 8.23. The van der Waals surface area contributed by atoms with Gasteiger partial charge < -0.3 is 29.7 Å². The number of nitro benzene ring substituents is 1. The van der Waals surface area contributed by atoms with E-state index in [2.05, 4.69) is 15.6 Å². The van der Waals surface area contributed by atoms with Crippen LogP contribution >= 0.6 is 11.6 Å². The van der Waals surface area contributed by atoms with Crippen LogP contribution in [0.25, 0.3) is 10.9 Å². The number of hydrogen-bond donors (Lipinski definition) is 2. The van der Waals surface area contributed by atoms with E-state index in [1.807, 2.05) is 6.92 Å². The first-order valence-corrected chi connectivity index (χ1v) is 20.8. The van der Waals surface area contributed by atoms with Gasteiger partial charge in [0.15, 0.2) is 5.78 Å². The number of anilines is 2. The van der Waals surface area contributed by atoms with Crippen LogP contribution in [0.2, 0.25) is 5.02 Å². The molecule has 0 spiro atoms. The number of sulfonamides is 1. The summed E-state index contributed by atoms with van der Waals surface area (Å²) in [5, 5.41) is 18.3. The first-order chi connectivity index (χ1) is 28.8. The molecular weight excluding hydrogens is 816 g/mol. The number of hydrogen-bond acceptors (Lipinski definition) is 12. The average Bonchev–Trinajstić information content (AvgIpc) is 3.24. The van der Waals surface area contributed by atoms with E-state index in [9.17, 15) is 32.9 Å². The number of carbonyl (C=O) groups excluding carboxylic acids is 3. The molecule has 18 heteroatoms. The molecular formula is C42H43ClN6O10S. The Balaban J connectivity index is 1.29. The molecule has 5 aromatic rings. The SMILES string of the molecule is COc1ccc(S(=O)(=O)N(CCNc2cc(C)nc3ccc(Cl)cc23)C(=O)Nc2ccc(C(=O)N3CCCCC3)cc2OCC(=O)Cc2ccc([N+](=O)[O-])cc2OC)cc1. The van der Waals surface area contributed by atoms with E-state index in [0.29, 0.717) is 56.0 Å². The van der Waals surface area contributed by atoms with Crippen LogP contribution in [0.1, 0.15) is 40.9 Å². The summed E-state index contributed by atoms with van der Waals surface area (Å²) in [6, 6.07) is 19.7. The normalized spacial score (nSPS) is 12.7. The van der Waals surface area contributed by atoms with E-state index in [0.717, 1.165) is 19.3 Å². The van der Waals surface area contributed by atoms with Crippen molar-refractivity contribution in [2.45, 2.75) is 37.5 Å². The Hall–Kier alpha value is -6.46. The number of amides is 3. The van der Waals surface area contributed by atoms with Gasteiger partial charge in [0.05, 0.1) is 47.9 Å². The molecule has 16 nitrogen and oxygen atoms in total. The summed E-state index contributed by atoms with van der Waals surface area (Å²) in [6.45, 7) is 2.04. The number of nitro groups is 1. The molecule has 60 heavy (non-hydrogen) atoms. The van der Waals surface area contributed by atoms with Crippen molar-refractivity contribution in [3.05, 3.63) is 117 Å². The van der Waals surface area contributed by atoms with E-state index >= 15 is 0 Å². The van der Waals surface area contributed by atoms with Crippen LogP contribution in [0.15, 0.2) is 89.8 Å². The van der Waals surface area contributed by atoms with Gasteiger partial charge >= 0.3 is 6.03 Å². The fraction of sp³-hybridized carbons (Fsp3) is 0.286. The lowest BCUT2D eigenvalue weighted by molar-refractivity contribution is -0.384. The Morgan fingerprint density at radius 1 is 0.900 bits per heavy atom. The Labute approximate surface area is 351 Å². The number of carbonyl (C=O) groups is 3. The van der Waals surface area contributed by atoms with Gasteiger partial charge in [-0.1, -0.05) is 11.6 Å². The lowest BCUT2D eigenvalue weighted by Crippen LogP contribution is -2.42. The summed E-state index contributed by atoms with van der Waals surface area (Å²) < 4.78 is 45.6. The lowest BCUT2D eigenvalue weighted by Gasteiger charge is -2.27. The molecule has 2 N–H and O–H groups in total. The maximum atomic E-state index is 14.2. The third-order valence-corrected chi connectivity index (χ3v) is 11.8. The Kier molecular flexibility index (Phi) is 13.7. The number of rotatable bonds is 16. The molecule has 0 atom stereocenters. The third kappa shape index (κ3) is 10.2. The van der Waals surface area contributed by atoms with E-state index in [-0.39, 0.29) is 58.8 Å². The summed E-state index contributed by atoms with van der Waals surface area (Å²) in [4.78, 5) is 57.8. The number of pyridine rings is 1. The number of non-ortho nitro benzene ring substituents is 1. The second-order valence-corrected chi connectivity index (χ2v) is 16.2. The van der Waals surface area contributed by atoms with Crippen molar-refractivity contribution < 1.29 is 41.9 Å². The van der Waals surface area contributed by atoms with E-state index in [1.165, 1.54) is 74.9 Å². The third-order valence-electron chi connectivity index (χ3n) is 9.77. The zero-order valence-corrected chi connectivity index (χ0v) is 34.7. The van der Waals surface area contributed by atoms with Crippen LogP contribution in [0.4, 0.5) is 21.9 Å². The number of aromatic nitrogens is 1. The van der Waals surface area contributed by atoms with Gasteiger partial charge in [-0.3, -0.25) is 24.7 Å². The zero-order chi connectivity index (χ0) is 43.0. The highest BCUT2D eigenvalue weighted by molar-refractivity contribution is 7.89. The molecule has 314 valence electrons. The van der Waals surface area contributed by atoms with Gasteiger partial charge in [-0.05, 0) is 99.0 Å². The number of nitrogens with one attached hydrogen (secondary N) is 2. The standard InChI is InChI=1S/C42H43ClN6O10S/c1-27-21-38(35-24-30(43)9-16-36(35)45-27)44-17-20-48(60(55,56)34-13-11-33(57-2)12-14-34)42(52)46-37-15-8-29(41(51)47-18-5-4-6-19-47)23-40(37)59-26-32(50)22-28-7-10-31(49(53)54)25-39(28)58-3/h7-16,21,23-25H,4-6,17-20,22,26H2,1-3H3,(H,44,45)(H,46,52). The van der Waals surface area contributed by atoms with E-state index in [1.54, 1.807) is 29.2 Å². The molecule has 1 saturated heterocycles. The average molecular weight is 859 g/mol. The van der Waals surface area contributed by atoms with Crippen LogP contribution < -0.4 is 24.8 Å². The first-order valence-electron chi connectivity index (χ1n) is 18.9. The molecule has 1 aliphatic rings. The predicted molar refractivity (Wildman–Crippen MR) is 226 cm³/mol. The minimum atomic E-state index is -4.50. The van der Waals surface area contributed by atoms with Crippen molar-refractivity contribution in [3.8, 4) is 17.2 Å². The van der Waals surface area contributed by atoms with Gasteiger partial charge in [0, 0.05) is 65.0 Å². The number of ether oxygens (including phenoxy) is 3. The topological polar surface area (TPSA) is 200 Å². The van der Waals surface area contributed by atoms with Gasteiger partial charge in [-0.15, -0.1) is 0 Å². The zero-order valence-electron chi connectivity index (χ0n) is 33.1. The second-order valence-electron chi connectivity index (χ2n) is 13.9. The van der Waals surface area contributed by atoms with Crippen molar-refractivity contribution >= 4 is 67.3 Å². The highest BCUT2D eigenvalue weighted by Gasteiger charge is 2.31. The van der Waals surface area contributed by atoms with Crippen molar-refractivity contribution in [3.63, 3.8) is 0 Å². The predicted octanol–water partition coefficient (Wildman–Crippen LogP) is 7.27. The Morgan fingerprint density at radius 3 is 2.35 bits per heavy atom. The van der Waals surface area contributed by atoms with Crippen molar-refractivity contribution in [2.75, 3.05) is 57.6 Å². The number of aryl methyl sites for hydroxylation is 1. The molecule has 0 radical (unpaired) electrons. The first kappa shape index (κ1) is 43.1. The summed E-state index contributed by atoms with van der Waals surface area (Å²) >= 11 is 6.28. The number of Topliss-reactive ketones (excluding diaryl/α,β-unsaturated/α-hetero) is 1. The number of halogens is 1. The number of nitrogens with zero attached hydrogens (tertiary/aromatic N) is 4. The van der Waals surface area contributed by atoms with Crippen LogP contribution in [0, 0.1) is 17.0 Å². The van der Waals surface area contributed by atoms with Crippen molar-refractivity contribution in [1.82, 2.24) is 14.2 Å². The largest absolute Gasteiger partial charge is 0.497 e. The molecule has 1 fully saturated rings. The van der Waals surface area contributed by atoms with Crippen LogP contribution in [-0.2, 0) is 21.2 Å². The molecule has 0 unspecified atom stereocenters. The number of urea groups is 1. The quantitative estimate of drug-likeness (QED) is 0.0744. The number of fused-ring (bicyclic) bond motifs is 1. The van der Waals surface area contributed by atoms with Crippen LogP contribution in [-0.4, -0.2) is 92.3 Å². The van der Waals surface area contributed by atoms with Gasteiger partial charge in [-0.25, -0.2) is 17.5 Å². The molecule has 0 saturated carbocycles. The highest BCUT2D eigenvalue weighted by atomic mass is 35.5. The summed E-state index contributed by atoms with van der Waals surface area (Å²) in [5.74, 6) is -0.238. The molecule has 0 bridgehead atoms. The number of ketones is 1. The van der Waals surface area contributed by atoms with Crippen LogP contribution in [0.5, 0.6) is 17.2 Å².